The van der Waals surface area contributed by atoms with E-state index in [1.165, 1.54) is 5.56 Å². The second-order valence-corrected chi connectivity index (χ2v) is 4.40. The molecule has 0 bridgehead atoms. The minimum Gasteiger partial charge on any atom is -0.356 e. The molecule has 3 heteroatoms. The van der Waals surface area contributed by atoms with Crippen LogP contribution in [0.5, 0.6) is 0 Å². The Kier molecular flexibility index (Phi) is 3.57. The molecular formula is C13H18N2O. The topological polar surface area (TPSA) is 32.3 Å². The molecule has 2 rings (SSSR count). The van der Waals surface area contributed by atoms with E-state index in [2.05, 4.69) is 41.5 Å². The van der Waals surface area contributed by atoms with E-state index in [0.717, 1.165) is 19.5 Å². The quantitative estimate of drug-likeness (QED) is 0.831. The van der Waals surface area contributed by atoms with E-state index < -0.39 is 0 Å². The Morgan fingerprint density at radius 2 is 2.12 bits per heavy atom. The van der Waals surface area contributed by atoms with Crippen LogP contribution in [0.3, 0.4) is 0 Å². The van der Waals surface area contributed by atoms with Gasteiger partial charge in [0.1, 0.15) is 0 Å². The highest BCUT2D eigenvalue weighted by Crippen LogP contribution is 2.13. The van der Waals surface area contributed by atoms with E-state index in [1.54, 1.807) is 0 Å². The van der Waals surface area contributed by atoms with Crippen molar-refractivity contribution in [2.75, 3.05) is 13.6 Å². The summed E-state index contributed by atoms with van der Waals surface area (Å²) in [5.41, 5.74) is 1.30. The van der Waals surface area contributed by atoms with Crippen LogP contribution in [0.2, 0.25) is 0 Å². The summed E-state index contributed by atoms with van der Waals surface area (Å²) in [6.07, 6.45) is 1.68. The van der Waals surface area contributed by atoms with Gasteiger partial charge in [-0.15, -0.1) is 0 Å². The van der Waals surface area contributed by atoms with Crippen molar-refractivity contribution in [1.82, 2.24) is 10.2 Å². The Morgan fingerprint density at radius 3 is 2.81 bits per heavy atom. The van der Waals surface area contributed by atoms with Crippen LogP contribution in [0.15, 0.2) is 30.3 Å². The summed E-state index contributed by atoms with van der Waals surface area (Å²) in [4.78, 5) is 13.6. The van der Waals surface area contributed by atoms with Crippen LogP contribution in [-0.2, 0) is 11.3 Å². The van der Waals surface area contributed by atoms with Gasteiger partial charge in [-0.05, 0) is 19.0 Å². The zero-order valence-electron chi connectivity index (χ0n) is 9.65. The fourth-order valence-corrected chi connectivity index (χ4v) is 2.14. The van der Waals surface area contributed by atoms with Crippen molar-refractivity contribution in [3.05, 3.63) is 35.9 Å². The Bertz CT molecular complexity index is 350. The summed E-state index contributed by atoms with van der Waals surface area (Å²) in [6.45, 7) is 1.72. The Labute approximate surface area is 96.5 Å². The van der Waals surface area contributed by atoms with Crippen LogP contribution in [0.25, 0.3) is 0 Å². The van der Waals surface area contributed by atoms with Crippen molar-refractivity contribution < 1.29 is 4.79 Å². The molecule has 3 nitrogen and oxygen atoms in total. The number of nitrogens with zero attached hydrogens (tertiary/aromatic N) is 1. The van der Waals surface area contributed by atoms with Crippen LogP contribution >= 0.6 is 0 Å². The van der Waals surface area contributed by atoms with Crippen molar-refractivity contribution >= 4 is 5.91 Å². The fraction of sp³-hybridized carbons (Fsp3) is 0.462. The highest BCUT2D eigenvalue weighted by Gasteiger charge is 2.22. The zero-order valence-corrected chi connectivity index (χ0v) is 9.65. The highest BCUT2D eigenvalue weighted by molar-refractivity contribution is 5.77. The first-order valence-electron chi connectivity index (χ1n) is 5.76. The van der Waals surface area contributed by atoms with Crippen molar-refractivity contribution in [3.8, 4) is 0 Å². The summed E-state index contributed by atoms with van der Waals surface area (Å²) in [6, 6.07) is 10.8. The number of carbonyl (C=O) groups is 1. The summed E-state index contributed by atoms with van der Waals surface area (Å²) in [7, 11) is 2.09. The lowest BCUT2D eigenvalue weighted by molar-refractivity contribution is -0.123. The van der Waals surface area contributed by atoms with Gasteiger partial charge in [-0.1, -0.05) is 30.3 Å². The first kappa shape index (κ1) is 11.1. The monoisotopic (exact) mass is 218 g/mol. The van der Waals surface area contributed by atoms with Gasteiger partial charge in [0.2, 0.25) is 5.91 Å². The normalized spacial score (nSPS) is 20.9. The number of nitrogens with one attached hydrogen (secondary N) is 1. The molecule has 1 unspecified atom stereocenters. The maximum atomic E-state index is 11.3. The van der Waals surface area contributed by atoms with E-state index in [4.69, 9.17) is 0 Å². The molecule has 1 aliphatic rings. The standard InChI is InChI=1S/C13H18N2O/c1-15(10-11-5-3-2-4-6-11)12-7-8-14-13(16)9-12/h2-6,12H,7-10H2,1H3,(H,14,16). The van der Waals surface area contributed by atoms with Crippen LogP contribution in [-0.4, -0.2) is 30.4 Å². The van der Waals surface area contributed by atoms with E-state index in [-0.39, 0.29) is 5.91 Å². The Hall–Kier alpha value is -1.35. The van der Waals surface area contributed by atoms with E-state index in [1.807, 2.05) is 6.07 Å². The second kappa shape index (κ2) is 5.12. The van der Waals surface area contributed by atoms with Gasteiger partial charge in [0.05, 0.1) is 0 Å². The highest BCUT2D eigenvalue weighted by atomic mass is 16.1. The molecule has 86 valence electrons. The van der Waals surface area contributed by atoms with Crippen molar-refractivity contribution in [3.63, 3.8) is 0 Å². The lowest BCUT2D eigenvalue weighted by atomic mass is 10.0. The third kappa shape index (κ3) is 2.83. The van der Waals surface area contributed by atoms with Crippen LogP contribution in [0, 0.1) is 0 Å². The molecule has 1 fully saturated rings. The molecule has 0 aromatic heterocycles. The third-order valence-electron chi connectivity index (χ3n) is 3.12. The fourth-order valence-electron chi connectivity index (χ4n) is 2.14. The maximum absolute atomic E-state index is 11.3. The van der Waals surface area contributed by atoms with Crippen molar-refractivity contribution in [1.29, 1.82) is 0 Å². The lowest BCUT2D eigenvalue weighted by Gasteiger charge is -2.30. The van der Waals surface area contributed by atoms with Crippen molar-refractivity contribution in [2.24, 2.45) is 0 Å². The summed E-state index contributed by atoms with van der Waals surface area (Å²) in [5.74, 6) is 0.177. The van der Waals surface area contributed by atoms with Crippen LogP contribution < -0.4 is 5.32 Å². The number of carbonyl (C=O) groups excluding carboxylic acids is 1. The van der Waals surface area contributed by atoms with Crippen molar-refractivity contribution in [2.45, 2.75) is 25.4 Å². The average molecular weight is 218 g/mol. The molecule has 1 aromatic rings. The second-order valence-electron chi connectivity index (χ2n) is 4.40. The first-order valence-corrected chi connectivity index (χ1v) is 5.76. The number of piperidine rings is 1. The van der Waals surface area contributed by atoms with E-state index in [0.29, 0.717) is 12.5 Å². The summed E-state index contributed by atoms with van der Waals surface area (Å²) >= 11 is 0. The number of hydrogen-bond acceptors (Lipinski definition) is 2. The van der Waals surface area contributed by atoms with E-state index >= 15 is 0 Å². The molecule has 0 spiro atoms. The van der Waals surface area contributed by atoms with Gasteiger partial charge in [-0.25, -0.2) is 0 Å². The minimum atomic E-state index is 0.177. The minimum absolute atomic E-state index is 0.177. The Morgan fingerprint density at radius 1 is 1.38 bits per heavy atom. The summed E-state index contributed by atoms with van der Waals surface area (Å²) in [5, 5.41) is 2.87. The third-order valence-corrected chi connectivity index (χ3v) is 3.12. The molecule has 1 aromatic carbocycles. The molecule has 1 atom stereocenters. The largest absolute Gasteiger partial charge is 0.356 e. The van der Waals surface area contributed by atoms with Gasteiger partial charge >= 0.3 is 0 Å². The number of amides is 1. The molecule has 1 saturated heterocycles. The maximum Gasteiger partial charge on any atom is 0.221 e. The predicted octanol–water partition coefficient (Wildman–Crippen LogP) is 1.40. The van der Waals surface area contributed by atoms with E-state index in [9.17, 15) is 4.79 Å². The van der Waals surface area contributed by atoms with Crippen LogP contribution in [0.1, 0.15) is 18.4 Å². The van der Waals surface area contributed by atoms with Gasteiger partial charge in [-0.3, -0.25) is 9.69 Å². The van der Waals surface area contributed by atoms with Crippen LogP contribution in [0.4, 0.5) is 0 Å². The van der Waals surface area contributed by atoms with Gasteiger partial charge in [0.25, 0.3) is 0 Å². The molecule has 1 N–H and O–H groups in total. The molecule has 1 amide bonds. The predicted molar refractivity (Wildman–Crippen MR) is 63.9 cm³/mol. The van der Waals surface area contributed by atoms with Gasteiger partial charge < -0.3 is 5.32 Å². The SMILES string of the molecule is CN(Cc1ccccc1)C1CCNC(=O)C1. The number of benzene rings is 1. The molecule has 0 radical (unpaired) electrons. The molecular weight excluding hydrogens is 200 g/mol. The molecule has 0 saturated carbocycles. The molecule has 16 heavy (non-hydrogen) atoms. The lowest BCUT2D eigenvalue weighted by Crippen LogP contribution is -2.43. The van der Waals surface area contributed by atoms with Gasteiger partial charge in [0.15, 0.2) is 0 Å². The van der Waals surface area contributed by atoms with Gasteiger partial charge in [-0.2, -0.15) is 0 Å². The zero-order chi connectivity index (χ0) is 11.4. The average Bonchev–Trinajstić information content (AvgIpc) is 2.30. The first-order chi connectivity index (χ1) is 7.75. The molecule has 1 aliphatic heterocycles. The summed E-state index contributed by atoms with van der Waals surface area (Å²) < 4.78 is 0. The number of rotatable bonds is 3. The smallest absolute Gasteiger partial charge is 0.221 e. The molecule has 0 aliphatic carbocycles. The van der Waals surface area contributed by atoms with Gasteiger partial charge in [0, 0.05) is 25.6 Å². The Balaban J connectivity index is 1.92. The number of hydrogen-bond donors (Lipinski definition) is 1. The molecule has 1 heterocycles.